The van der Waals surface area contributed by atoms with Crippen LogP contribution in [0.1, 0.15) is 21.7 Å². The van der Waals surface area contributed by atoms with Crippen LogP contribution in [0.5, 0.6) is 11.6 Å². The molecule has 0 radical (unpaired) electrons. The van der Waals surface area contributed by atoms with Gasteiger partial charge in [0.15, 0.2) is 0 Å². The van der Waals surface area contributed by atoms with E-state index in [0.717, 1.165) is 0 Å². The Bertz CT molecular complexity index is 736. The Labute approximate surface area is 119 Å². The molecular formula is C13H13N3O5. The molecule has 1 N–H and O–H groups in total. The lowest BCUT2D eigenvalue weighted by Crippen LogP contribution is -2.03. The van der Waals surface area contributed by atoms with Crippen molar-refractivity contribution in [2.24, 2.45) is 7.05 Å². The highest BCUT2D eigenvalue weighted by atomic mass is 16.6. The van der Waals surface area contributed by atoms with E-state index in [0.29, 0.717) is 11.4 Å². The van der Waals surface area contributed by atoms with Crippen molar-refractivity contribution in [1.29, 1.82) is 0 Å². The number of hydrogen-bond donors (Lipinski definition) is 1. The van der Waals surface area contributed by atoms with E-state index in [1.807, 2.05) is 0 Å². The topological polar surface area (TPSA) is 107 Å². The largest absolute Gasteiger partial charge is 0.478 e. The van der Waals surface area contributed by atoms with E-state index in [4.69, 9.17) is 9.84 Å². The van der Waals surface area contributed by atoms with Gasteiger partial charge in [-0.2, -0.15) is 0 Å². The van der Waals surface area contributed by atoms with Crippen molar-refractivity contribution in [1.82, 2.24) is 9.55 Å². The van der Waals surface area contributed by atoms with Gasteiger partial charge < -0.3 is 20.0 Å². The van der Waals surface area contributed by atoms with Gasteiger partial charge in [0.2, 0.25) is 5.82 Å². The van der Waals surface area contributed by atoms with Crippen LogP contribution < -0.4 is 4.74 Å². The minimum Gasteiger partial charge on any atom is -0.478 e. The summed E-state index contributed by atoms with van der Waals surface area (Å²) in [6.07, 6.45) is 0. The Hall–Kier alpha value is -2.90. The van der Waals surface area contributed by atoms with Crippen molar-refractivity contribution in [3.63, 3.8) is 0 Å². The van der Waals surface area contributed by atoms with Crippen molar-refractivity contribution in [2.75, 3.05) is 0 Å². The summed E-state index contributed by atoms with van der Waals surface area (Å²) in [6.45, 7) is 3.19. The van der Waals surface area contributed by atoms with Crippen LogP contribution in [0.15, 0.2) is 18.2 Å². The lowest BCUT2D eigenvalue weighted by Gasteiger charge is -2.10. The standard InChI is InChI=1S/C13H13N3O5/c1-7-9(13(17)18)5-4-6-10(7)21-12-11(16(19)20)14-8(2)15(12)3/h4-6H,1-3H3,(H,17,18). The number of ether oxygens (including phenoxy) is 1. The molecule has 0 fully saturated rings. The first-order valence-electron chi connectivity index (χ1n) is 6.01. The first-order valence-corrected chi connectivity index (χ1v) is 6.01. The highest BCUT2D eigenvalue weighted by Gasteiger charge is 2.26. The molecule has 0 aliphatic carbocycles. The van der Waals surface area contributed by atoms with E-state index in [2.05, 4.69) is 4.98 Å². The second-order valence-electron chi connectivity index (χ2n) is 4.44. The monoisotopic (exact) mass is 291 g/mol. The molecule has 0 aliphatic rings. The minimum atomic E-state index is -1.09. The Morgan fingerprint density at radius 3 is 2.67 bits per heavy atom. The van der Waals surface area contributed by atoms with Crippen molar-refractivity contribution in [3.05, 3.63) is 45.3 Å². The van der Waals surface area contributed by atoms with Crippen molar-refractivity contribution >= 4 is 11.8 Å². The number of carbonyl (C=O) groups is 1. The number of aromatic carboxylic acids is 1. The van der Waals surface area contributed by atoms with E-state index in [1.54, 1.807) is 27.0 Å². The molecule has 0 amide bonds. The lowest BCUT2D eigenvalue weighted by molar-refractivity contribution is -0.390. The van der Waals surface area contributed by atoms with Crippen molar-refractivity contribution < 1.29 is 19.6 Å². The van der Waals surface area contributed by atoms with Crippen LogP contribution in [0.4, 0.5) is 5.82 Å². The van der Waals surface area contributed by atoms with Crippen LogP contribution in [0.2, 0.25) is 0 Å². The Morgan fingerprint density at radius 1 is 1.43 bits per heavy atom. The van der Waals surface area contributed by atoms with Gasteiger partial charge in [-0.05, 0) is 29.0 Å². The minimum absolute atomic E-state index is 0.0388. The molecular weight excluding hydrogens is 278 g/mol. The molecule has 0 spiro atoms. The normalized spacial score (nSPS) is 10.4. The van der Waals surface area contributed by atoms with E-state index in [1.165, 1.54) is 16.7 Å². The third-order valence-electron chi connectivity index (χ3n) is 3.14. The third-order valence-corrected chi connectivity index (χ3v) is 3.14. The fourth-order valence-corrected chi connectivity index (χ4v) is 1.87. The summed E-state index contributed by atoms with van der Waals surface area (Å²) in [5.74, 6) is -0.878. The number of carboxylic acid groups (broad SMARTS) is 1. The van der Waals surface area contributed by atoms with Crippen molar-refractivity contribution in [3.8, 4) is 11.6 Å². The molecule has 2 rings (SSSR count). The summed E-state index contributed by atoms with van der Waals surface area (Å²) >= 11 is 0. The van der Waals surface area contributed by atoms with Gasteiger partial charge in [-0.25, -0.2) is 4.79 Å². The first-order chi connectivity index (χ1) is 9.82. The predicted octanol–water partition coefficient (Wildman–Crippen LogP) is 2.44. The van der Waals surface area contributed by atoms with Crippen LogP contribution in [0, 0.1) is 24.0 Å². The Kier molecular flexibility index (Phi) is 3.62. The Morgan fingerprint density at radius 2 is 2.10 bits per heavy atom. The van der Waals surface area contributed by atoms with Crippen LogP contribution in [0.25, 0.3) is 0 Å². The highest BCUT2D eigenvalue weighted by molar-refractivity contribution is 5.90. The number of hydrogen-bond acceptors (Lipinski definition) is 5. The maximum absolute atomic E-state index is 11.1. The second kappa shape index (κ2) is 5.23. The second-order valence-corrected chi connectivity index (χ2v) is 4.44. The zero-order valence-corrected chi connectivity index (χ0v) is 11.7. The number of rotatable bonds is 4. The summed E-state index contributed by atoms with van der Waals surface area (Å²) in [6, 6.07) is 4.50. The number of nitro groups is 1. The smallest absolute Gasteiger partial charge is 0.427 e. The highest BCUT2D eigenvalue weighted by Crippen LogP contribution is 2.33. The number of nitrogens with zero attached hydrogens (tertiary/aromatic N) is 3. The first kappa shape index (κ1) is 14.5. The zero-order valence-electron chi connectivity index (χ0n) is 11.7. The molecule has 8 heteroatoms. The third kappa shape index (κ3) is 2.55. The zero-order chi connectivity index (χ0) is 15.7. The number of carboxylic acids is 1. The average Bonchev–Trinajstić information content (AvgIpc) is 2.69. The lowest BCUT2D eigenvalue weighted by atomic mass is 10.1. The van der Waals surface area contributed by atoms with E-state index in [-0.39, 0.29) is 17.2 Å². The molecule has 0 saturated heterocycles. The van der Waals surface area contributed by atoms with Gasteiger partial charge in [0, 0.05) is 19.5 Å². The molecule has 0 unspecified atom stereocenters. The fourth-order valence-electron chi connectivity index (χ4n) is 1.87. The molecule has 21 heavy (non-hydrogen) atoms. The van der Waals surface area contributed by atoms with E-state index in [9.17, 15) is 14.9 Å². The average molecular weight is 291 g/mol. The van der Waals surface area contributed by atoms with Gasteiger partial charge >= 0.3 is 17.7 Å². The van der Waals surface area contributed by atoms with Gasteiger partial charge in [-0.15, -0.1) is 0 Å². The maximum atomic E-state index is 11.1. The molecule has 0 bridgehead atoms. The van der Waals surface area contributed by atoms with E-state index < -0.39 is 16.7 Å². The summed E-state index contributed by atoms with van der Waals surface area (Å²) in [5.41, 5.74) is 0.465. The molecule has 110 valence electrons. The summed E-state index contributed by atoms with van der Waals surface area (Å²) < 4.78 is 6.98. The number of imidazole rings is 1. The van der Waals surface area contributed by atoms with Crippen LogP contribution in [-0.4, -0.2) is 25.6 Å². The molecule has 0 saturated carbocycles. The summed E-state index contributed by atoms with van der Waals surface area (Å²) in [4.78, 5) is 25.3. The van der Waals surface area contributed by atoms with Gasteiger partial charge in [-0.1, -0.05) is 6.07 Å². The number of aromatic nitrogens is 2. The Balaban J connectivity index is 2.51. The summed E-state index contributed by atoms with van der Waals surface area (Å²) in [7, 11) is 1.58. The van der Waals surface area contributed by atoms with Gasteiger partial charge in [-0.3, -0.25) is 4.57 Å². The quantitative estimate of drug-likeness (QED) is 0.684. The van der Waals surface area contributed by atoms with Gasteiger partial charge in [0.25, 0.3) is 0 Å². The molecule has 1 aromatic carbocycles. The maximum Gasteiger partial charge on any atom is 0.427 e. The molecule has 1 heterocycles. The number of benzene rings is 1. The summed E-state index contributed by atoms with van der Waals surface area (Å²) in [5, 5.41) is 20.1. The van der Waals surface area contributed by atoms with Crippen molar-refractivity contribution in [2.45, 2.75) is 13.8 Å². The SMILES string of the molecule is Cc1c(Oc2c([N+](=O)[O-])nc(C)n2C)cccc1C(=O)O. The van der Waals surface area contributed by atoms with Crippen LogP contribution in [0.3, 0.4) is 0 Å². The van der Waals surface area contributed by atoms with Gasteiger partial charge in [0.05, 0.1) is 5.56 Å². The fraction of sp³-hybridized carbons (Fsp3) is 0.231. The molecule has 1 aromatic heterocycles. The molecule has 2 aromatic rings. The predicted molar refractivity (Wildman–Crippen MR) is 72.8 cm³/mol. The van der Waals surface area contributed by atoms with Gasteiger partial charge in [0.1, 0.15) is 5.75 Å². The molecule has 8 nitrogen and oxygen atoms in total. The van der Waals surface area contributed by atoms with Crippen LogP contribution in [-0.2, 0) is 7.05 Å². The van der Waals surface area contributed by atoms with E-state index >= 15 is 0 Å². The van der Waals surface area contributed by atoms with Crippen LogP contribution >= 0.6 is 0 Å². The molecule has 0 atom stereocenters. The molecule has 0 aliphatic heterocycles. The number of aryl methyl sites for hydroxylation is 1.